The summed E-state index contributed by atoms with van der Waals surface area (Å²) in [5, 5.41) is 10.3. The fourth-order valence-electron chi connectivity index (χ4n) is 1.62. The van der Waals surface area contributed by atoms with Gasteiger partial charge in [-0.25, -0.2) is 0 Å². The zero-order valence-electron chi connectivity index (χ0n) is 10.1. The molecule has 1 N–H and O–H groups in total. The number of rotatable bonds is 3. The summed E-state index contributed by atoms with van der Waals surface area (Å²) in [5.74, 6) is 1.06. The van der Waals surface area contributed by atoms with Crippen LogP contribution in [0.4, 0.5) is 0 Å². The lowest BCUT2D eigenvalue weighted by Gasteiger charge is -2.11. The van der Waals surface area contributed by atoms with Gasteiger partial charge in [0.25, 0.3) is 0 Å². The molecule has 19 heavy (non-hydrogen) atoms. The molecule has 0 saturated carbocycles. The maximum absolute atomic E-state index is 9.12. The minimum atomic E-state index is -0.000355. The zero-order chi connectivity index (χ0) is 14.0. The van der Waals surface area contributed by atoms with Gasteiger partial charge in [0.2, 0.25) is 0 Å². The molecule has 2 nitrogen and oxygen atoms in total. The van der Waals surface area contributed by atoms with Crippen LogP contribution in [0.15, 0.2) is 30.3 Å². The number of hydrogen-bond acceptors (Lipinski definition) is 2. The Hall–Kier alpha value is -0.930. The molecule has 0 spiro atoms. The van der Waals surface area contributed by atoms with Crippen molar-refractivity contribution in [3.8, 4) is 11.5 Å². The fourth-order valence-corrected chi connectivity index (χ4v) is 2.19. The molecule has 0 amide bonds. The van der Waals surface area contributed by atoms with Gasteiger partial charge < -0.3 is 9.84 Å². The van der Waals surface area contributed by atoms with Crippen molar-refractivity contribution in [1.82, 2.24) is 0 Å². The highest BCUT2D eigenvalue weighted by Crippen LogP contribution is 2.36. The first kappa shape index (κ1) is 14.5. The van der Waals surface area contributed by atoms with Crippen molar-refractivity contribution in [2.45, 2.75) is 13.5 Å². The summed E-state index contributed by atoms with van der Waals surface area (Å²) >= 11 is 17.8. The van der Waals surface area contributed by atoms with Crippen molar-refractivity contribution in [2.75, 3.05) is 0 Å². The quantitative estimate of drug-likeness (QED) is 0.784. The Morgan fingerprint density at radius 2 is 1.68 bits per heavy atom. The van der Waals surface area contributed by atoms with E-state index in [1.807, 2.05) is 13.0 Å². The first-order valence-corrected chi connectivity index (χ1v) is 6.67. The molecular weight excluding hydrogens is 307 g/mol. The second kappa shape index (κ2) is 6.02. The van der Waals surface area contributed by atoms with E-state index in [4.69, 9.17) is 44.6 Å². The Bertz CT molecular complexity index is 612. The van der Waals surface area contributed by atoms with Crippen LogP contribution in [0.1, 0.15) is 11.1 Å². The maximum atomic E-state index is 9.12. The summed E-state index contributed by atoms with van der Waals surface area (Å²) in [4.78, 5) is 0. The minimum Gasteiger partial charge on any atom is -0.456 e. The van der Waals surface area contributed by atoms with E-state index in [-0.39, 0.29) is 6.61 Å². The van der Waals surface area contributed by atoms with E-state index < -0.39 is 0 Å². The SMILES string of the molecule is Cc1cc(Oc2cc(Cl)c(Cl)cc2Cl)ccc1CO. The van der Waals surface area contributed by atoms with E-state index in [0.717, 1.165) is 11.1 Å². The van der Waals surface area contributed by atoms with E-state index in [9.17, 15) is 0 Å². The van der Waals surface area contributed by atoms with E-state index in [2.05, 4.69) is 0 Å². The first-order chi connectivity index (χ1) is 9.01. The van der Waals surface area contributed by atoms with Crippen molar-refractivity contribution in [2.24, 2.45) is 0 Å². The number of ether oxygens (including phenoxy) is 1. The van der Waals surface area contributed by atoms with Gasteiger partial charge in [-0.15, -0.1) is 0 Å². The topological polar surface area (TPSA) is 29.5 Å². The largest absolute Gasteiger partial charge is 0.456 e. The fraction of sp³-hybridized carbons (Fsp3) is 0.143. The van der Waals surface area contributed by atoms with Crippen molar-refractivity contribution >= 4 is 34.8 Å². The minimum absolute atomic E-state index is 0.000355. The summed E-state index contributed by atoms with van der Waals surface area (Å²) in [6.45, 7) is 1.90. The maximum Gasteiger partial charge on any atom is 0.147 e. The van der Waals surface area contributed by atoms with Gasteiger partial charge in [0.15, 0.2) is 0 Å². The summed E-state index contributed by atoms with van der Waals surface area (Å²) in [7, 11) is 0. The van der Waals surface area contributed by atoms with Gasteiger partial charge >= 0.3 is 0 Å². The lowest BCUT2D eigenvalue weighted by atomic mass is 10.1. The summed E-state index contributed by atoms with van der Waals surface area (Å²) < 4.78 is 5.67. The van der Waals surface area contributed by atoms with Gasteiger partial charge in [0.1, 0.15) is 11.5 Å². The monoisotopic (exact) mass is 316 g/mol. The Labute approximate surface area is 126 Å². The second-order valence-electron chi connectivity index (χ2n) is 4.05. The van der Waals surface area contributed by atoms with Crippen LogP contribution in [0.25, 0.3) is 0 Å². The molecule has 0 bridgehead atoms. The van der Waals surface area contributed by atoms with Crippen LogP contribution in [-0.2, 0) is 6.61 Å². The molecule has 0 aliphatic rings. The molecule has 2 aromatic rings. The zero-order valence-corrected chi connectivity index (χ0v) is 12.4. The van der Waals surface area contributed by atoms with Crippen molar-refractivity contribution in [3.63, 3.8) is 0 Å². The molecule has 0 aliphatic carbocycles. The lowest BCUT2D eigenvalue weighted by molar-refractivity contribution is 0.281. The van der Waals surface area contributed by atoms with Crippen LogP contribution < -0.4 is 4.74 Å². The molecule has 100 valence electrons. The van der Waals surface area contributed by atoms with Crippen molar-refractivity contribution in [3.05, 3.63) is 56.5 Å². The molecule has 0 aromatic heterocycles. The van der Waals surface area contributed by atoms with Crippen LogP contribution >= 0.6 is 34.8 Å². The third-order valence-corrected chi connectivity index (χ3v) is 3.70. The molecule has 0 radical (unpaired) electrons. The summed E-state index contributed by atoms with van der Waals surface area (Å²) in [6, 6.07) is 8.50. The Kier molecular flexibility index (Phi) is 4.58. The van der Waals surface area contributed by atoms with E-state index in [0.29, 0.717) is 26.6 Å². The van der Waals surface area contributed by atoms with Gasteiger partial charge in [0.05, 0.1) is 21.7 Å². The third-order valence-electron chi connectivity index (χ3n) is 2.69. The highest BCUT2D eigenvalue weighted by molar-refractivity contribution is 6.43. The molecule has 0 fully saturated rings. The van der Waals surface area contributed by atoms with Gasteiger partial charge in [-0.3, -0.25) is 0 Å². The molecule has 5 heteroatoms. The van der Waals surface area contributed by atoms with Gasteiger partial charge in [-0.2, -0.15) is 0 Å². The molecular formula is C14H11Cl3O2. The van der Waals surface area contributed by atoms with Gasteiger partial charge in [0, 0.05) is 6.07 Å². The number of aliphatic hydroxyl groups excluding tert-OH is 1. The summed E-state index contributed by atoms with van der Waals surface area (Å²) in [6.07, 6.45) is 0. The van der Waals surface area contributed by atoms with Crippen LogP contribution in [0.3, 0.4) is 0 Å². The normalized spacial score (nSPS) is 10.6. The summed E-state index contributed by atoms with van der Waals surface area (Å²) in [5.41, 5.74) is 1.80. The number of benzene rings is 2. The molecule has 2 rings (SSSR count). The Morgan fingerprint density at radius 1 is 1.00 bits per heavy atom. The average Bonchev–Trinajstić information content (AvgIpc) is 2.36. The van der Waals surface area contributed by atoms with Crippen LogP contribution in [-0.4, -0.2) is 5.11 Å². The van der Waals surface area contributed by atoms with Crippen molar-refractivity contribution in [1.29, 1.82) is 0 Å². The predicted molar refractivity (Wildman–Crippen MR) is 78.6 cm³/mol. The van der Waals surface area contributed by atoms with Gasteiger partial charge in [-0.1, -0.05) is 40.9 Å². The average molecular weight is 318 g/mol. The van der Waals surface area contributed by atoms with Gasteiger partial charge in [-0.05, 0) is 36.2 Å². The number of hydrogen-bond donors (Lipinski definition) is 1. The van der Waals surface area contributed by atoms with E-state index >= 15 is 0 Å². The van der Waals surface area contributed by atoms with E-state index in [1.165, 1.54) is 6.07 Å². The number of halogens is 3. The number of aryl methyl sites for hydroxylation is 1. The predicted octanol–water partition coefficient (Wildman–Crippen LogP) is 5.24. The lowest BCUT2D eigenvalue weighted by Crippen LogP contribution is -1.91. The second-order valence-corrected chi connectivity index (χ2v) is 5.27. The highest BCUT2D eigenvalue weighted by Gasteiger charge is 2.09. The molecule has 0 aliphatic heterocycles. The smallest absolute Gasteiger partial charge is 0.147 e. The third kappa shape index (κ3) is 3.34. The van der Waals surface area contributed by atoms with Crippen LogP contribution in [0.2, 0.25) is 15.1 Å². The molecule has 0 atom stereocenters. The first-order valence-electron chi connectivity index (χ1n) is 5.54. The molecule has 0 unspecified atom stereocenters. The Balaban J connectivity index is 2.31. The molecule has 0 saturated heterocycles. The number of aliphatic hydroxyl groups is 1. The molecule has 0 heterocycles. The van der Waals surface area contributed by atoms with Crippen LogP contribution in [0, 0.1) is 6.92 Å². The van der Waals surface area contributed by atoms with Crippen molar-refractivity contribution < 1.29 is 9.84 Å². The van der Waals surface area contributed by atoms with E-state index in [1.54, 1.807) is 18.2 Å². The highest BCUT2D eigenvalue weighted by atomic mass is 35.5. The molecule has 2 aromatic carbocycles. The Morgan fingerprint density at radius 3 is 2.32 bits per heavy atom. The standard InChI is InChI=1S/C14H11Cl3O2/c1-8-4-10(3-2-9(8)7-18)19-14-6-12(16)11(15)5-13(14)17/h2-6,18H,7H2,1H3. The van der Waals surface area contributed by atoms with Crippen LogP contribution in [0.5, 0.6) is 11.5 Å².